The summed E-state index contributed by atoms with van der Waals surface area (Å²) in [5.41, 5.74) is 6.80. The molecule has 0 aliphatic carbocycles. The maximum absolute atomic E-state index is 11.8. The van der Waals surface area contributed by atoms with E-state index in [1.807, 2.05) is 16.9 Å². The number of nitrogen functional groups attached to an aromatic ring is 1. The molecule has 0 fully saturated rings. The summed E-state index contributed by atoms with van der Waals surface area (Å²) in [5.74, 6) is -0.102. The molecule has 0 aliphatic heterocycles. The summed E-state index contributed by atoms with van der Waals surface area (Å²) >= 11 is 0. The Labute approximate surface area is 105 Å². The van der Waals surface area contributed by atoms with Crippen LogP contribution < -0.4 is 11.1 Å². The van der Waals surface area contributed by atoms with Gasteiger partial charge in [-0.2, -0.15) is 5.10 Å². The van der Waals surface area contributed by atoms with E-state index in [2.05, 4.69) is 10.4 Å². The Balaban J connectivity index is 1.77. The summed E-state index contributed by atoms with van der Waals surface area (Å²) in [6.07, 6.45) is 6.21. The third-order valence-electron chi connectivity index (χ3n) is 2.67. The van der Waals surface area contributed by atoms with Crippen LogP contribution in [0.15, 0.2) is 30.7 Å². The zero-order valence-electron chi connectivity index (χ0n) is 10.3. The minimum Gasteiger partial charge on any atom is -0.397 e. The van der Waals surface area contributed by atoms with E-state index < -0.39 is 0 Å². The third-order valence-corrected chi connectivity index (χ3v) is 2.67. The standard InChI is InChI=1S/C12H17N5O/c1-16-9-10(13)8-11(16)12(18)14-4-2-6-17-7-3-5-15-17/h3,5,7-9H,2,4,6,13H2,1H3,(H,14,18). The van der Waals surface area contributed by atoms with Gasteiger partial charge in [-0.1, -0.05) is 0 Å². The molecule has 0 aromatic carbocycles. The van der Waals surface area contributed by atoms with E-state index in [-0.39, 0.29) is 5.91 Å². The second kappa shape index (κ2) is 5.39. The maximum atomic E-state index is 11.8. The lowest BCUT2D eigenvalue weighted by Gasteiger charge is -2.06. The minimum absolute atomic E-state index is 0.102. The zero-order valence-corrected chi connectivity index (χ0v) is 10.3. The van der Waals surface area contributed by atoms with Gasteiger partial charge in [0, 0.05) is 38.7 Å². The number of nitrogens with two attached hydrogens (primary N) is 1. The van der Waals surface area contributed by atoms with Crippen molar-refractivity contribution in [2.75, 3.05) is 12.3 Å². The average molecular weight is 247 g/mol. The topological polar surface area (TPSA) is 77.9 Å². The Hall–Kier alpha value is -2.24. The molecule has 2 heterocycles. The van der Waals surface area contributed by atoms with Gasteiger partial charge < -0.3 is 15.6 Å². The van der Waals surface area contributed by atoms with Crippen molar-refractivity contribution in [3.63, 3.8) is 0 Å². The number of hydrogen-bond acceptors (Lipinski definition) is 3. The molecule has 96 valence electrons. The predicted molar refractivity (Wildman–Crippen MR) is 69.0 cm³/mol. The van der Waals surface area contributed by atoms with Crippen LogP contribution >= 0.6 is 0 Å². The molecule has 6 heteroatoms. The summed E-state index contributed by atoms with van der Waals surface area (Å²) in [7, 11) is 1.80. The van der Waals surface area contributed by atoms with Gasteiger partial charge in [0.1, 0.15) is 5.69 Å². The summed E-state index contributed by atoms with van der Waals surface area (Å²) in [4.78, 5) is 11.8. The van der Waals surface area contributed by atoms with E-state index in [1.165, 1.54) is 0 Å². The van der Waals surface area contributed by atoms with Gasteiger partial charge >= 0.3 is 0 Å². The smallest absolute Gasteiger partial charge is 0.267 e. The summed E-state index contributed by atoms with van der Waals surface area (Å²) in [6.45, 7) is 1.41. The van der Waals surface area contributed by atoms with E-state index in [0.29, 0.717) is 17.9 Å². The molecule has 2 aromatic heterocycles. The first-order valence-corrected chi connectivity index (χ1v) is 5.84. The number of nitrogens with one attached hydrogen (secondary N) is 1. The van der Waals surface area contributed by atoms with Crippen LogP contribution in [0.25, 0.3) is 0 Å². The van der Waals surface area contributed by atoms with Gasteiger partial charge in [-0.3, -0.25) is 9.48 Å². The quantitative estimate of drug-likeness (QED) is 0.760. The van der Waals surface area contributed by atoms with Crippen molar-refractivity contribution in [1.29, 1.82) is 0 Å². The molecule has 2 rings (SSSR count). The van der Waals surface area contributed by atoms with Crippen LogP contribution in [0.4, 0.5) is 5.69 Å². The number of aryl methyl sites for hydroxylation is 2. The van der Waals surface area contributed by atoms with Crippen molar-refractivity contribution in [2.24, 2.45) is 7.05 Å². The lowest BCUT2D eigenvalue weighted by atomic mass is 10.3. The average Bonchev–Trinajstić information content (AvgIpc) is 2.94. The number of aromatic nitrogens is 3. The van der Waals surface area contributed by atoms with Gasteiger partial charge in [0.05, 0.1) is 5.69 Å². The van der Waals surface area contributed by atoms with E-state index in [9.17, 15) is 4.79 Å². The van der Waals surface area contributed by atoms with Crippen molar-refractivity contribution in [3.05, 3.63) is 36.4 Å². The maximum Gasteiger partial charge on any atom is 0.267 e. The van der Waals surface area contributed by atoms with Crippen molar-refractivity contribution < 1.29 is 4.79 Å². The van der Waals surface area contributed by atoms with Gasteiger partial charge in [0.15, 0.2) is 0 Å². The highest BCUT2D eigenvalue weighted by Gasteiger charge is 2.09. The predicted octanol–water partition coefficient (Wildman–Crippen LogP) is 0.624. The Morgan fingerprint density at radius 1 is 1.56 bits per heavy atom. The molecule has 0 aliphatic rings. The van der Waals surface area contributed by atoms with Gasteiger partial charge in [0.2, 0.25) is 0 Å². The number of anilines is 1. The molecule has 0 radical (unpaired) electrons. The van der Waals surface area contributed by atoms with Crippen molar-refractivity contribution in [1.82, 2.24) is 19.7 Å². The number of hydrogen-bond donors (Lipinski definition) is 2. The number of rotatable bonds is 5. The first-order valence-electron chi connectivity index (χ1n) is 5.84. The van der Waals surface area contributed by atoms with Crippen molar-refractivity contribution >= 4 is 11.6 Å². The van der Waals surface area contributed by atoms with Gasteiger partial charge in [0.25, 0.3) is 5.91 Å². The fourth-order valence-corrected chi connectivity index (χ4v) is 1.78. The molecular weight excluding hydrogens is 230 g/mol. The Morgan fingerprint density at radius 2 is 2.39 bits per heavy atom. The number of nitrogens with zero attached hydrogens (tertiary/aromatic N) is 3. The van der Waals surface area contributed by atoms with Crippen LogP contribution in [0.3, 0.4) is 0 Å². The Kier molecular flexibility index (Phi) is 3.66. The summed E-state index contributed by atoms with van der Waals surface area (Å²) in [6, 6.07) is 3.55. The lowest BCUT2D eigenvalue weighted by molar-refractivity contribution is 0.0944. The first-order chi connectivity index (χ1) is 8.66. The minimum atomic E-state index is -0.102. The monoisotopic (exact) mass is 247 g/mol. The molecule has 3 N–H and O–H groups in total. The highest BCUT2D eigenvalue weighted by Crippen LogP contribution is 2.08. The first kappa shape index (κ1) is 12.2. The molecule has 6 nitrogen and oxygen atoms in total. The zero-order chi connectivity index (χ0) is 13.0. The molecule has 0 atom stereocenters. The molecule has 0 bridgehead atoms. The van der Waals surface area contributed by atoms with Crippen molar-refractivity contribution in [3.8, 4) is 0 Å². The highest BCUT2D eigenvalue weighted by atomic mass is 16.1. The molecule has 1 amide bonds. The number of carbonyl (C=O) groups is 1. The van der Waals surface area contributed by atoms with E-state index in [0.717, 1.165) is 13.0 Å². The number of carbonyl (C=O) groups excluding carboxylic acids is 1. The lowest BCUT2D eigenvalue weighted by Crippen LogP contribution is -2.26. The largest absolute Gasteiger partial charge is 0.397 e. The molecule has 18 heavy (non-hydrogen) atoms. The molecule has 0 spiro atoms. The summed E-state index contributed by atoms with van der Waals surface area (Å²) in [5, 5.41) is 6.95. The van der Waals surface area contributed by atoms with Crippen LogP contribution in [0, 0.1) is 0 Å². The van der Waals surface area contributed by atoms with Gasteiger partial charge in [-0.05, 0) is 18.6 Å². The highest BCUT2D eigenvalue weighted by molar-refractivity contribution is 5.93. The van der Waals surface area contributed by atoms with E-state index in [4.69, 9.17) is 5.73 Å². The van der Waals surface area contributed by atoms with Crippen molar-refractivity contribution in [2.45, 2.75) is 13.0 Å². The van der Waals surface area contributed by atoms with Gasteiger partial charge in [-0.25, -0.2) is 0 Å². The normalized spacial score (nSPS) is 10.5. The Bertz CT molecular complexity index is 515. The van der Waals surface area contributed by atoms with Crippen LogP contribution in [-0.2, 0) is 13.6 Å². The second-order valence-electron chi connectivity index (χ2n) is 4.15. The molecule has 0 saturated carbocycles. The van der Waals surface area contributed by atoms with Crippen LogP contribution in [0.5, 0.6) is 0 Å². The van der Waals surface area contributed by atoms with E-state index >= 15 is 0 Å². The molecule has 2 aromatic rings. The van der Waals surface area contributed by atoms with Gasteiger partial charge in [-0.15, -0.1) is 0 Å². The SMILES string of the molecule is Cn1cc(N)cc1C(=O)NCCCn1cccn1. The van der Waals surface area contributed by atoms with Crippen LogP contribution in [0.1, 0.15) is 16.9 Å². The molecular formula is C12H17N5O. The second-order valence-corrected chi connectivity index (χ2v) is 4.15. The fraction of sp³-hybridized carbons (Fsp3) is 0.333. The molecule has 0 saturated heterocycles. The summed E-state index contributed by atoms with van der Waals surface area (Å²) < 4.78 is 3.56. The number of amides is 1. The third kappa shape index (κ3) is 2.91. The Morgan fingerprint density at radius 3 is 3.00 bits per heavy atom. The molecule has 0 unspecified atom stereocenters. The fourth-order valence-electron chi connectivity index (χ4n) is 1.78. The van der Waals surface area contributed by atoms with Crippen LogP contribution in [0.2, 0.25) is 0 Å². The van der Waals surface area contributed by atoms with Crippen LogP contribution in [-0.4, -0.2) is 26.8 Å². The van der Waals surface area contributed by atoms with E-state index in [1.54, 1.807) is 30.1 Å².